The summed E-state index contributed by atoms with van der Waals surface area (Å²) in [6, 6.07) is 0. The third kappa shape index (κ3) is 2.01. The van der Waals surface area contributed by atoms with Gasteiger partial charge in [-0.15, -0.1) is 11.3 Å². The number of hydrogen-bond acceptors (Lipinski definition) is 3. The van der Waals surface area contributed by atoms with Crippen LogP contribution in [0.4, 0.5) is 0 Å². The number of aromatic nitrogens is 1. The normalized spacial score (nSPS) is 10.5. The number of thiazole rings is 1. The van der Waals surface area contributed by atoms with Gasteiger partial charge in [0, 0.05) is 11.4 Å². The Morgan fingerprint density at radius 2 is 2.27 bits per heavy atom. The van der Waals surface area contributed by atoms with Gasteiger partial charge in [0.1, 0.15) is 0 Å². The molecule has 0 atom stereocenters. The molecule has 0 spiro atoms. The molecule has 0 bridgehead atoms. The zero-order valence-corrected chi connectivity index (χ0v) is 8.09. The Balaban J connectivity index is 2.79. The van der Waals surface area contributed by atoms with Crippen LogP contribution in [0, 0.1) is 6.92 Å². The van der Waals surface area contributed by atoms with E-state index in [2.05, 4.69) is 24.1 Å². The molecule has 1 heterocycles. The minimum Gasteiger partial charge on any atom is -0.314 e. The highest BCUT2D eigenvalue weighted by molar-refractivity contribution is 7.11. The van der Waals surface area contributed by atoms with Crippen LogP contribution >= 0.6 is 11.3 Å². The molecule has 1 aromatic heterocycles. The molecule has 0 amide bonds. The van der Waals surface area contributed by atoms with E-state index in [4.69, 9.17) is 0 Å². The van der Waals surface area contributed by atoms with Crippen LogP contribution in [-0.2, 0) is 13.0 Å². The Bertz CT molecular complexity index is 230. The Hall–Kier alpha value is -0.410. The van der Waals surface area contributed by atoms with Gasteiger partial charge in [-0.05, 0) is 20.4 Å². The second-order valence-corrected chi connectivity index (χ2v) is 3.78. The van der Waals surface area contributed by atoms with Gasteiger partial charge < -0.3 is 5.32 Å². The lowest BCUT2D eigenvalue weighted by Gasteiger charge is -1.93. The lowest BCUT2D eigenvalue weighted by atomic mass is 10.4. The lowest BCUT2D eigenvalue weighted by molar-refractivity contribution is 0.787. The van der Waals surface area contributed by atoms with Crippen LogP contribution in [0.2, 0.25) is 0 Å². The maximum atomic E-state index is 4.47. The van der Waals surface area contributed by atoms with E-state index in [1.807, 2.05) is 7.05 Å². The molecule has 0 aromatic carbocycles. The molecule has 0 unspecified atom stereocenters. The van der Waals surface area contributed by atoms with Gasteiger partial charge in [-0.3, -0.25) is 0 Å². The maximum absolute atomic E-state index is 4.47. The van der Waals surface area contributed by atoms with E-state index in [1.54, 1.807) is 11.3 Å². The molecule has 0 fully saturated rings. The summed E-state index contributed by atoms with van der Waals surface area (Å²) >= 11 is 1.80. The molecule has 0 aliphatic rings. The zero-order valence-electron chi connectivity index (χ0n) is 7.27. The van der Waals surface area contributed by atoms with E-state index >= 15 is 0 Å². The van der Waals surface area contributed by atoms with Crippen LogP contribution in [0.15, 0.2) is 0 Å². The van der Waals surface area contributed by atoms with E-state index in [0.29, 0.717) is 0 Å². The summed E-state index contributed by atoms with van der Waals surface area (Å²) in [7, 11) is 1.95. The molecule has 2 nitrogen and oxygen atoms in total. The van der Waals surface area contributed by atoms with Gasteiger partial charge in [-0.2, -0.15) is 0 Å². The van der Waals surface area contributed by atoms with Crippen molar-refractivity contribution in [1.82, 2.24) is 10.3 Å². The summed E-state index contributed by atoms with van der Waals surface area (Å²) in [5.74, 6) is 0. The number of hydrogen-bond donors (Lipinski definition) is 1. The molecular weight excluding hydrogens is 156 g/mol. The summed E-state index contributed by atoms with van der Waals surface area (Å²) in [6.45, 7) is 5.16. The summed E-state index contributed by atoms with van der Waals surface area (Å²) < 4.78 is 0. The average Bonchev–Trinajstić information content (AvgIpc) is 2.33. The van der Waals surface area contributed by atoms with E-state index in [0.717, 1.165) is 13.0 Å². The molecule has 0 aliphatic carbocycles. The van der Waals surface area contributed by atoms with Crippen LogP contribution in [0.25, 0.3) is 0 Å². The van der Waals surface area contributed by atoms with Gasteiger partial charge in [-0.25, -0.2) is 4.98 Å². The van der Waals surface area contributed by atoms with Gasteiger partial charge in [0.2, 0.25) is 0 Å². The topological polar surface area (TPSA) is 24.9 Å². The van der Waals surface area contributed by atoms with Crippen molar-refractivity contribution >= 4 is 11.3 Å². The fourth-order valence-electron chi connectivity index (χ4n) is 0.970. The zero-order chi connectivity index (χ0) is 8.27. The molecule has 1 rings (SSSR count). The standard InChI is InChI=1S/C8H14N2S/c1-4-8-10-7(5-9-3)6(2)11-8/h9H,4-5H2,1-3H3. The van der Waals surface area contributed by atoms with Crippen LogP contribution in [0.5, 0.6) is 0 Å². The molecule has 0 saturated carbocycles. The first-order chi connectivity index (χ1) is 5.27. The highest BCUT2D eigenvalue weighted by atomic mass is 32.1. The summed E-state index contributed by atoms with van der Waals surface area (Å²) in [6.07, 6.45) is 1.05. The van der Waals surface area contributed by atoms with Crippen molar-refractivity contribution in [2.45, 2.75) is 26.8 Å². The van der Waals surface area contributed by atoms with Gasteiger partial charge in [0.15, 0.2) is 0 Å². The number of rotatable bonds is 3. The van der Waals surface area contributed by atoms with Crippen molar-refractivity contribution in [3.63, 3.8) is 0 Å². The molecule has 0 aliphatic heterocycles. The van der Waals surface area contributed by atoms with Crippen LogP contribution in [-0.4, -0.2) is 12.0 Å². The predicted octanol–water partition coefficient (Wildman–Crippen LogP) is 1.73. The lowest BCUT2D eigenvalue weighted by Crippen LogP contribution is -2.06. The molecule has 11 heavy (non-hydrogen) atoms. The molecule has 62 valence electrons. The highest BCUT2D eigenvalue weighted by Crippen LogP contribution is 2.17. The first kappa shape index (κ1) is 8.68. The van der Waals surface area contributed by atoms with Gasteiger partial charge >= 0.3 is 0 Å². The second kappa shape index (κ2) is 3.83. The smallest absolute Gasteiger partial charge is 0.0928 e. The van der Waals surface area contributed by atoms with E-state index in [9.17, 15) is 0 Å². The van der Waals surface area contributed by atoms with Crippen molar-refractivity contribution in [3.8, 4) is 0 Å². The molecular formula is C8H14N2S. The SMILES string of the molecule is CCc1nc(CNC)c(C)s1. The van der Waals surface area contributed by atoms with Crippen molar-refractivity contribution in [2.75, 3.05) is 7.05 Å². The Morgan fingerprint density at radius 1 is 1.55 bits per heavy atom. The quantitative estimate of drug-likeness (QED) is 0.747. The molecule has 1 N–H and O–H groups in total. The minimum atomic E-state index is 0.891. The fourth-order valence-corrected chi connectivity index (χ4v) is 1.86. The number of aryl methyl sites for hydroxylation is 2. The van der Waals surface area contributed by atoms with Crippen LogP contribution in [0.3, 0.4) is 0 Å². The van der Waals surface area contributed by atoms with E-state index < -0.39 is 0 Å². The fraction of sp³-hybridized carbons (Fsp3) is 0.625. The number of nitrogens with one attached hydrogen (secondary N) is 1. The average molecular weight is 170 g/mol. The maximum Gasteiger partial charge on any atom is 0.0928 e. The molecule has 0 radical (unpaired) electrons. The third-order valence-electron chi connectivity index (χ3n) is 1.58. The molecule has 0 saturated heterocycles. The first-order valence-electron chi connectivity index (χ1n) is 3.87. The molecule has 3 heteroatoms. The monoisotopic (exact) mass is 170 g/mol. The van der Waals surface area contributed by atoms with Crippen molar-refractivity contribution in [3.05, 3.63) is 15.6 Å². The predicted molar refractivity (Wildman–Crippen MR) is 49.0 cm³/mol. The first-order valence-corrected chi connectivity index (χ1v) is 4.69. The van der Waals surface area contributed by atoms with Crippen molar-refractivity contribution in [1.29, 1.82) is 0 Å². The summed E-state index contributed by atoms with van der Waals surface area (Å²) in [4.78, 5) is 5.82. The van der Waals surface area contributed by atoms with Gasteiger partial charge in [0.25, 0.3) is 0 Å². The molecule has 1 aromatic rings. The van der Waals surface area contributed by atoms with Gasteiger partial charge in [-0.1, -0.05) is 6.92 Å². The van der Waals surface area contributed by atoms with E-state index in [1.165, 1.54) is 15.6 Å². The second-order valence-electron chi connectivity index (χ2n) is 2.49. The highest BCUT2D eigenvalue weighted by Gasteiger charge is 2.03. The summed E-state index contributed by atoms with van der Waals surface area (Å²) in [5, 5.41) is 4.35. The van der Waals surface area contributed by atoms with Crippen molar-refractivity contribution < 1.29 is 0 Å². The van der Waals surface area contributed by atoms with E-state index in [-0.39, 0.29) is 0 Å². The largest absolute Gasteiger partial charge is 0.314 e. The Morgan fingerprint density at radius 3 is 2.73 bits per heavy atom. The Labute approximate surface area is 71.7 Å². The summed E-state index contributed by atoms with van der Waals surface area (Å²) in [5.41, 5.74) is 1.20. The van der Waals surface area contributed by atoms with Crippen LogP contribution < -0.4 is 5.32 Å². The van der Waals surface area contributed by atoms with Crippen molar-refractivity contribution in [2.24, 2.45) is 0 Å². The minimum absolute atomic E-state index is 0.891. The number of nitrogens with zero attached hydrogens (tertiary/aromatic N) is 1. The van der Waals surface area contributed by atoms with Gasteiger partial charge in [0.05, 0.1) is 10.7 Å². The third-order valence-corrected chi connectivity index (χ3v) is 2.74. The Kier molecular flexibility index (Phi) is 3.02. The van der Waals surface area contributed by atoms with Crippen LogP contribution in [0.1, 0.15) is 22.5 Å².